The molecule has 0 spiro atoms. The number of hydrogen-bond donors (Lipinski definition) is 2. The first kappa shape index (κ1) is 15.2. The van der Waals surface area contributed by atoms with Crippen LogP contribution in [0.2, 0.25) is 0 Å². The minimum Gasteiger partial charge on any atom is -0.423 e. The molecule has 0 aliphatic heterocycles. The van der Waals surface area contributed by atoms with Gasteiger partial charge in [0.25, 0.3) is 0 Å². The Kier molecular flexibility index (Phi) is 4.72. The summed E-state index contributed by atoms with van der Waals surface area (Å²) in [5.74, 6) is 0. The fourth-order valence-electron chi connectivity index (χ4n) is 1.84. The highest BCUT2D eigenvalue weighted by Crippen LogP contribution is 2.20. The Morgan fingerprint density at radius 3 is 2.19 bits per heavy atom. The normalized spacial score (nSPS) is 10.9. The van der Waals surface area contributed by atoms with Crippen molar-refractivity contribution in [3.63, 3.8) is 0 Å². The molecule has 2 aromatic carbocycles. The fraction of sp³-hybridized carbons (Fsp3) is 0.200. The van der Waals surface area contributed by atoms with Crippen molar-refractivity contribution in [1.82, 2.24) is 0 Å². The fourth-order valence-corrected chi connectivity index (χ4v) is 1.84. The molecular weight excluding hydrogens is 265 g/mol. The van der Waals surface area contributed by atoms with Crippen LogP contribution in [0.25, 0.3) is 0 Å². The average Bonchev–Trinajstić information content (AvgIpc) is 2.46. The maximum atomic E-state index is 9.48. The lowest BCUT2D eigenvalue weighted by Crippen LogP contribution is -2.30. The van der Waals surface area contributed by atoms with Crippen LogP contribution in [-0.2, 0) is 0 Å². The van der Waals surface area contributed by atoms with Crippen LogP contribution < -0.4 is 10.4 Å². The minimum atomic E-state index is -1.59. The minimum absolute atomic E-state index is 0.331. The molecule has 0 fully saturated rings. The Labute approximate surface area is 124 Å². The molecule has 0 amide bonds. The predicted octanol–water partition coefficient (Wildman–Crippen LogP) is 2.16. The number of aryl methyl sites for hydroxylation is 1. The molecule has 0 aliphatic carbocycles. The lowest BCUT2D eigenvalue weighted by atomic mass is 9.79. The van der Waals surface area contributed by atoms with Crippen molar-refractivity contribution in [3.8, 4) is 0 Å². The molecule has 108 valence electrons. The Hall–Kier alpha value is -2.18. The Bertz CT molecular complexity index is 640. The first-order chi connectivity index (χ1) is 9.97. The molecule has 2 aromatic rings. The van der Waals surface area contributed by atoms with E-state index in [-0.39, 0.29) is 0 Å². The van der Waals surface area contributed by atoms with E-state index < -0.39 is 7.12 Å². The second-order valence-electron chi connectivity index (χ2n) is 5.05. The number of anilines is 1. The summed E-state index contributed by atoms with van der Waals surface area (Å²) in [7, 11) is 2.18. The zero-order valence-corrected chi connectivity index (χ0v) is 12.4. The third kappa shape index (κ3) is 3.90. The van der Waals surface area contributed by atoms with Crippen LogP contribution in [0.15, 0.2) is 52.7 Å². The summed E-state index contributed by atoms with van der Waals surface area (Å²) in [5.41, 5.74) is 3.51. The van der Waals surface area contributed by atoms with Gasteiger partial charge in [0.15, 0.2) is 0 Å². The van der Waals surface area contributed by atoms with Gasteiger partial charge in [-0.15, -0.1) is 0 Å². The summed E-state index contributed by atoms with van der Waals surface area (Å²) < 4.78 is 0. The van der Waals surface area contributed by atoms with Crippen LogP contribution in [0.1, 0.15) is 5.56 Å². The summed E-state index contributed by atoms with van der Waals surface area (Å²) in [5, 5.41) is 27.2. The second kappa shape index (κ2) is 6.52. The number of hydrogen-bond acceptors (Lipinski definition) is 5. The van der Waals surface area contributed by atoms with E-state index in [1.54, 1.807) is 12.1 Å². The predicted molar refractivity (Wildman–Crippen MR) is 85.9 cm³/mol. The highest BCUT2D eigenvalue weighted by atomic mass is 16.4. The lowest BCUT2D eigenvalue weighted by molar-refractivity contribution is 0.426. The molecule has 2 N–H and O–H groups in total. The van der Waals surface area contributed by atoms with Crippen molar-refractivity contribution >= 4 is 29.6 Å². The van der Waals surface area contributed by atoms with Gasteiger partial charge in [-0.1, -0.05) is 17.7 Å². The van der Waals surface area contributed by atoms with Gasteiger partial charge in [0.1, 0.15) is 0 Å². The molecular formula is C15H18BN3O2. The molecule has 0 aromatic heterocycles. The summed E-state index contributed by atoms with van der Waals surface area (Å²) in [6.45, 7) is 2.00. The zero-order valence-electron chi connectivity index (χ0n) is 12.4. The van der Waals surface area contributed by atoms with Crippen molar-refractivity contribution in [1.29, 1.82) is 0 Å². The van der Waals surface area contributed by atoms with Crippen molar-refractivity contribution in [2.45, 2.75) is 6.92 Å². The van der Waals surface area contributed by atoms with Gasteiger partial charge < -0.3 is 14.9 Å². The van der Waals surface area contributed by atoms with E-state index in [0.29, 0.717) is 11.2 Å². The summed E-state index contributed by atoms with van der Waals surface area (Å²) in [6, 6.07) is 12.9. The third-order valence-electron chi connectivity index (χ3n) is 3.11. The van der Waals surface area contributed by atoms with Crippen LogP contribution in [0.4, 0.5) is 17.1 Å². The molecule has 0 saturated carbocycles. The molecule has 0 atom stereocenters. The van der Waals surface area contributed by atoms with Crippen molar-refractivity contribution in [3.05, 3.63) is 48.0 Å². The van der Waals surface area contributed by atoms with Gasteiger partial charge >= 0.3 is 7.12 Å². The summed E-state index contributed by atoms with van der Waals surface area (Å²) in [6.07, 6.45) is 0. The van der Waals surface area contributed by atoms with Crippen LogP contribution >= 0.6 is 0 Å². The zero-order chi connectivity index (χ0) is 15.4. The molecule has 0 aliphatic rings. The van der Waals surface area contributed by atoms with Crippen molar-refractivity contribution in [2.75, 3.05) is 19.0 Å². The average molecular weight is 283 g/mol. The topological polar surface area (TPSA) is 68.4 Å². The smallest absolute Gasteiger partial charge is 0.423 e. The highest BCUT2D eigenvalue weighted by molar-refractivity contribution is 6.60. The molecule has 0 unspecified atom stereocenters. The van der Waals surface area contributed by atoms with E-state index in [2.05, 4.69) is 10.2 Å². The van der Waals surface area contributed by atoms with Gasteiger partial charge in [-0.3, -0.25) is 0 Å². The number of rotatable bonds is 4. The second-order valence-corrected chi connectivity index (χ2v) is 5.05. The van der Waals surface area contributed by atoms with E-state index in [9.17, 15) is 10.0 Å². The third-order valence-corrected chi connectivity index (χ3v) is 3.11. The molecule has 0 heterocycles. The monoisotopic (exact) mass is 283 g/mol. The molecule has 21 heavy (non-hydrogen) atoms. The molecule has 0 saturated heterocycles. The largest absolute Gasteiger partial charge is 0.490 e. The summed E-state index contributed by atoms with van der Waals surface area (Å²) >= 11 is 0. The first-order valence-electron chi connectivity index (χ1n) is 6.63. The van der Waals surface area contributed by atoms with E-state index >= 15 is 0 Å². The standard InChI is InChI=1S/C15H18BN3O2/c1-11-4-6-12(7-5-11)17-18-15-9-8-13(19(2)3)10-14(15)16(20)21/h4-10,20-21H,1-3H3. The highest BCUT2D eigenvalue weighted by Gasteiger charge is 2.17. The van der Waals surface area contributed by atoms with Crippen LogP contribution in [-0.4, -0.2) is 31.3 Å². The Morgan fingerprint density at radius 1 is 0.952 bits per heavy atom. The van der Waals surface area contributed by atoms with Crippen LogP contribution in [0.3, 0.4) is 0 Å². The molecule has 0 radical (unpaired) electrons. The van der Waals surface area contributed by atoms with Gasteiger partial charge in [0.05, 0.1) is 11.4 Å². The SMILES string of the molecule is Cc1ccc(N=Nc2ccc(N(C)C)cc2B(O)O)cc1. The number of nitrogens with zero attached hydrogens (tertiary/aromatic N) is 3. The Balaban J connectivity index is 2.32. The molecule has 5 nitrogen and oxygen atoms in total. The van der Waals surface area contributed by atoms with Gasteiger partial charge in [-0.05, 0) is 37.3 Å². The number of benzene rings is 2. The summed E-state index contributed by atoms with van der Waals surface area (Å²) in [4.78, 5) is 1.88. The van der Waals surface area contributed by atoms with Gasteiger partial charge in [-0.2, -0.15) is 10.2 Å². The van der Waals surface area contributed by atoms with Crippen molar-refractivity contribution in [2.24, 2.45) is 10.2 Å². The Morgan fingerprint density at radius 2 is 1.62 bits per heavy atom. The quantitative estimate of drug-likeness (QED) is 0.667. The lowest BCUT2D eigenvalue weighted by Gasteiger charge is -2.14. The van der Waals surface area contributed by atoms with Gasteiger partial charge in [-0.25, -0.2) is 0 Å². The van der Waals surface area contributed by atoms with Gasteiger partial charge in [0, 0.05) is 25.2 Å². The van der Waals surface area contributed by atoms with E-state index in [1.807, 2.05) is 56.3 Å². The maximum absolute atomic E-state index is 9.48. The van der Waals surface area contributed by atoms with Crippen molar-refractivity contribution < 1.29 is 10.0 Å². The first-order valence-corrected chi connectivity index (χ1v) is 6.63. The maximum Gasteiger partial charge on any atom is 0.490 e. The number of azo groups is 1. The van der Waals surface area contributed by atoms with E-state index in [1.165, 1.54) is 0 Å². The molecule has 0 bridgehead atoms. The van der Waals surface area contributed by atoms with Crippen LogP contribution in [0.5, 0.6) is 0 Å². The van der Waals surface area contributed by atoms with Crippen LogP contribution in [0, 0.1) is 6.92 Å². The van der Waals surface area contributed by atoms with E-state index in [0.717, 1.165) is 16.9 Å². The van der Waals surface area contributed by atoms with Gasteiger partial charge in [0.2, 0.25) is 0 Å². The van der Waals surface area contributed by atoms with E-state index in [4.69, 9.17) is 0 Å². The molecule has 6 heteroatoms. The molecule has 2 rings (SSSR count).